The van der Waals surface area contributed by atoms with Gasteiger partial charge in [0.05, 0.1) is 17.4 Å². The van der Waals surface area contributed by atoms with Crippen molar-refractivity contribution in [3.63, 3.8) is 0 Å². The molecule has 0 radical (unpaired) electrons. The maximum atomic E-state index is 12.2. The molecule has 1 N–H and O–H groups in total. The summed E-state index contributed by atoms with van der Waals surface area (Å²) in [6.07, 6.45) is 3.62. The SMILES string of the molecule is CSc1ncc(C(=O)NCc2ccc(OC(C)C)cc2)c(C)n1. The first-order chi connectivity index (χ1) is 11.0. The Kier molecular flexibility index (Phi) is 5.98. The Labute approximate surface area is 140 Å². The lowest BCUT2D eigenvalue weighted by Crippen LogP contribution is -2.24. The third-order valence-electron chi connectivity index (χ3n) is 3.13. The number of hydrogen-bond donors (Lipinski definition) is 1. The number of aromatic nitrogens is 2. The molecule has 122 valence electrons. The molecule has 1 heterocycles. The molecule has 0 aliphatic rings. The highest BCUT2D eigenvalue weighted by atomic mass is 32.2. The third-order valence-corrected chi connectivity index (χ3v) is 3.69. The largest absolute Gasteiger partial charge is 0.491 e. The summed E-state index contributed by atoms with van der Waals surface area (Å²) in [5.74, 6) is 0.657. The number of benzene rings is 1. The summed E-state index contributed by atoms with van der Waals surface area (Å²) in [7, 11) is 0. The molecule has 0 atom stereocenters. The van der Waals surface area contributed by atoms with Gasteiger partial charge in [-0.3, -0.25) is 4.79 Å². The van der Waals surface area contributed by atoms with Crippen molar-refractivity contribution in [3.8, 4) is 5.75 Å². The lowest BCUT2D eigenvalue weighted by Gasteiger charge is -2.11. The van der Waals surface area contributed by atoms with E-state index < -0.39 is 0 Å². The van der Waals surface area contributed by atoms with Crippen LogP contribution >= 0.6 is 11.8 Å². The van der Waals surface area contributed by atoms with Crippen LogP contribution in [-0.2, 0) is 6.54 Å². The van der Waals surface area contributed by atoms with E-state index in [-0.39, 0.29) is 12.0 Å². The highest BCUT2D eigenvalue weighted by Gasteiger charge is 2.11. The van der Waals surface area contributed by atoms with Gasteiger partial charge in [0.1, 0.15) is 5.75 Å². The van der Waals surface area contributed by atoms with Crippen LogP contribution in [0.3, 0.4) is 0 Å². The Morgan fingerprint density at radius 3 is 2.57 bits per heavy atom. The summed E-state index contributed by atoms with van der Waals surface area (Å²) in [6, 6.07) is 7.70. The Balaban J connectivity index is 1.96. The minimum atomic E-state index is -0.169. The van der Waals surface area contributed by atoms with E-state index in [1.165, 1.54) is 11.8 Å². The van der Waals surface area contributed by atoms with Crippen LogP contribution in [-0.4, -0.2) is 28.2 Å². The highest BCUT2D eigenvalue weighted by molar-refractivity contribution is 7.98. The van der Waals surface area contributed by atoms with E-state index >= 15 is 0 Å². The average Bonchev–Trinajstić information content (AvgIpc) is 2.53. The van der Waals surface area contributed by atoms with Crippen molar-refractivity contribution in [1.82, 2.24) is 15.3 Å². The van der Waals surface area contributed by atoms with Crippen molar-refractivity contribution < 1.29 is 9.53 Å². The van der Waals surface area contributed by atoms with E-state index in [0.717, 1.165) is 11.3 Å². The molecule has 1 aromatic heterocycles. The summed E-state index contributed by atoms with van der Waals surface area (Å²) in [4.78, 5) is 20.7. The van der Waals surface area contributed by atoms with E-state index in [1.807, 2.05) is 51.3 Å². The standard InChI is InChI=1S/C17H21N3O2S/c1-11(2)22-14-7-5-13(6-8-14)9-18-16(21)15-10-19-17(23-4)20-12(15)3/h5-8,10-11H,9H2,1-4H3,(H,18,21). The van der Waals surface area contributed by atoms with Crippen LogP contribution in [0.5, 0.6) is 5.75 Å². The van der Waals surface area contributed by atoms with Gasteiger partial charge in [-0.15, -0.1) is 0 Å². The molecule has 0 bridgehead atoms. The fourth-order valence-electron chi connectivity index (χ4n) is 2.00. The molecule has 6 heteroatoms. The van der Waals surface area contributed by atoms with Crippen molar-refractivity contribution in [1.29, 1.82) is 0 Å². The lowest BCUT2D eigenvalue weighted by molar-refractivity contribution is 0.0949. The fraction of sp³-hybridized carbons (Fsp3) is 0.353. The average molecular weight is 331 g/mol. The molecule has 2 aromatic rings. The highest BCUT2D eigenvalue weighted by Crippen LogP contribution is 2.14. The molecule has 5 nitrogen and oxygen atoms in total. The van der Waals surface area contributed by atoms with Gasteiger partial charge in [0, 0.05) is 12.7 Å². The van der Waals surface area contributed by atoms with Crippen LogP contribution in [0.2, 0.25) is 0 Å². The first-order valence-electron chi connectivity index (χ1n) is 7.41. The number of thioether (sulfide) groups is 1. The smallest absolute Gasteiger partial charge is 0.254 e. The monoisotopic (exact) mass is 331 g/mol. The van der Waals surface area contributed by atoms with Gasteiger partial charge in [0.25, 0.3) is 5.91 Å². The van der Waals surface area contributed by atoms with E-state index in [0.29, 0.717) is 23.0 Å². The molecule has 0 aliphatic carbocycles. The summed E-state index contributed by atoms with van der Waals surface area (Å²) in [5, 5.41) is 3.55. The van der Waals surface area contributed by atoms with Crippen LogP contribution in [0.25, 0.3) is 0 Å². The molecule has 23 heavy (non-hydrogen) atoms. The first-order valence-corrected chi connectivity index (χ1v) is 8.63. The molecule has 0 unspecified atom stereocenters. The number of nitrogens with zero attached hydrogens (tertiary/aromatic N) is 2. The number of ether oxygens (including phenoxy) is 1. The number of nitrogens with one attached hydrogen (secondary N) is 1. The summed E-state index contributed by atoms with van der Waals surface area (Å²) < 4.78 is 5.60. The van der Waals surface area contributed by atoms with Crippen molar-refractivity contribution in [2.45, 2.75) is 38.6 Å². The van der Waals surface area contributed by atoms with Gasteiger partial charge in [-0.2, -0.15) is 0 Å². The maximum Gasteiger partial charge on any atom is 0.254 e. The molecule has 2 rings (SSSR count). The summed E-state index contributed by atoms with van der Waals surface area (Å²) in [5.41, 5.74) is 2.19. The minimum absolute atomic E-state index is 0.146. The van der Waals surface area contributed by atoms with Crippen LogP contribution in [0.4, 0.5) is 0 Å². The molecule has 0 saturated heterocycles. The topological polar surface area (TPSA) is 64.1 Å². The van der Waals surface area contributed by atoms with Crippen LogP contribution in [0.15, 0.2) is 35.6 Å². The van der Waals surface area contributed by atoms with Crippen molar-refractivity contribution in [2.75, 3.05) is 6.26 Å². The zero-order valence-corrected chi connectivity index (χ0v) is 14.6. The molecule has 0 fully saturated rings. The van der Waals surface area contributed by atoms with Gasteiger partial charge < -0.3 is 10.1 Å². The van der Waals surface area contributed by atoms with Gasteiger partial charge in [0.2, 0.25) is 0 Å². The van der Waals surface area contributed by atoms with Crippen molar-refractivity contribution in [3.05, 3.63) is 47.3 Å². The van der Waals surface area contributed by atoms with Gasteiger partial charge >= 0.3 is 0 Å². The Bertz CT molecular complexity index is 672. The van der Waals surface area contributed by atoms with Gasteiger partial charge in [-0.25, -0.2) is 9.97 Å². The van der Waals surface area contributed by atoms with Crippen molar-refractivity contribution in [2.24, 2.45) is 0 Å². The number of carbonyl (C=O) groups is 1. The van der Waals surface area contributed by atoms with E-state index in [4.69, 9.17) is 4.74 Å². The molecule has 0 aliphatic heterocycles. The molecule has 1 aromatic carbocycles. The fourth-order valence-corrected chi connectivity index (χ4v) is 2.39. The van der Waals surface area contributed by atoms with E-state index in [2.05, 4.69) is 15.3 Å². The van der Waals surface area contributed by atoms with Gasteiger partial charge in [0.15, 0.2) is 5.16 Å². The summed E-state index contributed by atoms with van der Waals surface area (Å²) >= 11 is 1.45. The quantitative estimate of drug-likeness (QED) is 0.650. The zero-order valence-electron chi connectivity index (χ0n) is 13.8. The lowest BCUT2D eigenvalue weighted by atomic mass is 10.2. The Morgan fingerprint density at radius 2 is 2.00 bits per heavy atom. The van der Waals surface area contributed by atoms with Crippen LogP contribution < -0.4 is 10.1 Å². The Hall–Kier alpha value is -2.08. The van der Waals surface area contributed by atoms with Gasteiger partial charge in [-0.05, 0) is 44.7 Å². The second kappa shape index (κ2) is 7.97. The van der Waals surface area contributed by atoms with Crippen LogP contribution in [0.1, 0.15) is 35.5 Å². The number of hydrogen-bond acceptors (Lipinski definition) is 5. The molecule has 1 amide bonds. The molecule has 0 saturated carbocycles. The minimum Gasteiger partial charge on any atom is -0.491 e. The van der Waals surface area contributed by atoms with E-state index in [9.17, 15) is 4.79 Å². The van der Waals surface area contributed by atoms with Gasteiger partial charge in [-0.1, -0.05) is 23.9 Å². The van der Waals surface area contributed by atoms with Crippen LogP contribution in [0, 0.1) is 6.92 Å². The number of carbonyl (C=O) groups excluding carboxylic acids is 1. The second-order valence-corrected chi connectivity index (χ2v) is 6.12. The van der Waals surface area contributed by atoms with Crippen molar-refractivity contribution >= 4 is 17.7 Å². The third kappa shape index (κ3) is 4.96. The molecular formula is C17H21N3O2S. The Morgan fingerprint density at radius 1 is 1.30 bits per heavy atom. The first kappa shape index (κ1) is 17.3. The molecule has 0 spiro atoms. The predicted octanol–water partition coefficient (Wildman–Crippen LogP) is 3.22. The molecular weight excluding hydrogens is 310 g/mol. The predicted molar refractivity (Wildman–Crippen MR) is 91.9 cm³/mol. The maximum absolute atomic E-state index is 12.2. The summed E-state index contributed by atoms with van der Waals surface area (Å²) in [6.45, 7) is 6.24. The normalized spacial score (nSPS) is 10.7. The van der Waals surface area contributed by atoms with E-state index in [1.54, 1.807) is 6.20 Å². The number of rotatable bonds is 6. The zero-order chi connectivity index (χ0) is 16.8. The number of aryl methyl sites for hydroxylation is 1. The number of amides is 1. The second-order valence-electron chi connectivity index (χ2n) is 5.35.